The highest BCUT2D eigenvalue weighted by atomic mass is 32.2. The number of sulfonamides is 1. The summed E-state index contributed by atoms with van der Waals surface area (Å²) in [5, 5.41) is 2.85. The fourth-order valence-corrected chi connectivity index (χ4v) is 4.88. The molecule has 1 aliphatic heterocycles. The maximum atomic E-state index is 13.2. The zero-order chi connectivity index (χ0) is 19.8. The molecule has 2 aromatic carbocycles. The Morgan fingerprint density at radius 2 is 1.78 bits per heavy atom. The fourth-order valence-electron chi connectivity index (χ4n) is 3.23. The van der Waals surface area contributed by atoms with Gasteiger partial charge in [0.25, 0.3) is 10.0 Å². The van der Waals surface area contributed by atoms with Crippen molar-refractivity contribution in [1.29, 1.82) is 0 Å². The van der Waals surface area contributed by atoms with E-state index in [9.17, 15) is 13.2 Å². The molecular weight excluding hydrogens is 360 g/mol. The summed E-state index contributed by atoms with van der Waals surface area (Å²) in [6.07, 6.45) is 0.787. The number of carbonyl (C=O) groups excluding carboxylic acids is 1. The molecule has 5 nitrogen and oxygen atoms in total. The molecule has 0 saturated heterocycles. The Hall–Kier alpha value is -2.34. The number of carbonyl (C=O) groups is 1. The lowest BCUT2D eigenvalue weighted by molar-refractivity contribution is -0.120. The average Bonchev–Trinajstić information content (AvgIpc) is 2.64. The highest BCUT2D eigenvalue weighted by Gasteiger charge is 2.36. The Morgan fingerprint density at radius 1 is 1.07 bits per heavy atom. The van der Waals surface area contributed by atoms with Gasteiger partial charge in [0.15, 0.2) is 0 Å². The van der Waals surface area contributed by atoms with Crippen LogP contribution in [0.25, 0.3) is 11.1 Å². The monoisotopic (exact) mass is 386 g/mol. The van der Waals surface area contributed by atoms with Gasteiger partial charge < -0.3 is 5.32 Å². The predicted molar refractivity (Wildman–Crippen MR) is 108 cm³/mol. The molecule has 144 valence electrons. The minimum atomic E-state index is -3.79. The van der Waals surface area contributed by atoms with Gasteiger partial charge in [0.05, 0.1) is 10.6 Å². The molecule has 0 aromatic heterocycles. The molecule has 1 atom stereocenters. The van der Waals surface area contributed by atoms with E-state index in [4.69, 9.17) is 0 Å². The maximum absolute atomic E-state index is 13.2. The number of nitrogens with zero attached hydrogens (tertiary/aromatic N) is 1. The van der Waals surface area contributed by atoms with Crippen molar-refractivity contribution >= 4 is 21.6 Å². The molecule has 0 bridgehead atoms. The molecule has 1 N–H and O–H groups in total. The number of benzene rings is 2. The van der Waals surface area contributed by atoms with Gasteiger partial charge in [-0.2, -0.15) is 0 Å². The molecule has 1 amide bonds. The van der Waals surface area contributed by atoms with Gasteiger partial charge in [0, 0.05) is 17.2 Å². The molecule has 1 unspecified atom stereocenters. The van der Waals surface area contributed by atoms with Crippen LogP contribution in [-0.2, 0) is 14.8 Å². The Labute approximate surface area is 161 Å². The van der Waals surface area contributed by atoms with Gasteiger partial charge >= 0.3 is 0 Å². The van der Waals surface area contributed by atoms with Gasteiger partial charge in [-0.05, 0) is 43.0 Å². The molecule has 0 fully saturated rings. The van der Waals surface area contributed by atoms with E-state index in [0.717, 1.165) is 17.5 Å². The van der Waals surface area contributed by atoms with Crippen molar-refractivity contribution < 1.29 is 13.2 Å². The minimum absolute atomic E-state index is 0.0000632. The van der Waals surface area contributed by atoms with E-state index in [0.29, 0.717) is 17.2 Å². The number of amides is 1. The summed E-state index contributed by atoms with van der Waals surface area (Å²) < 4.78 is 27.7. The molecule has 0 radical (unpaired) electrons. The first-order chi connectivity index (χ1) is 12.8. The standard InChI is InChI=1S/C21H26N2O3S/c1-5-15(4)22-21(24)13-23-19-11-10-16(14(2)3)12-18(19)17-8-6-7-9-20(17)27(23,25)26/h6-12,14-15H,5,13H2,1-4H3,(H,22,24). The first kappa shape index (κ1) is 19.4. The van der Waals surface area contributed by atoms with Crippen LogP contribution in [0.5, 0.6) is 0 Å². The van der Waals surface area contributed by atoms with E-state index in [1.165, 1.54) is 4.31 Å². The van der Waals surface area contributed by atoms with Crippen molar-refractivity contribution in [3.8, 4) is 11.1 Å². The van der Waals surface area contributed by atoms with Crippen molar-refractivity contribution in [3.63, 3.8) is 0 Å². The van der Waals surface area contributed by atoms with E-state index in [1.54, 1.807) is 12.1 Å². The first-order valence-electron chi connectivity index (χ1n) is 9.31. The zero-order valence-corrected chi connectivity index (χ0v) is 17.0. The van der Waals surface area contributed by atoms with Crippen LogP contribution in [0.2, 0.25) is 0 Å². The van der Waals surface area contributed by atoms with E-state index in [2.05, 4.69) is 19.2 Å². The molecule has 1 heterocycles. The summed E-state index contributed by atoms with van der Waals surface area (Å²) in [7, 11) is -3.79. The normalized spacial score (nSPS) is 15.8. The Kier molecular flexibility index (Phi) is 5.29. The average molecular weight is 387 g/mol. The highest BCUT2D eigenvalue weighted by molar-refractivity contribution is 7.93. The van der Waals surface area contributed by atoms with E-state index >= 15 is 0 Å². The molecule has 6 heteroatoms. The van der Waals surface area contributed by atoms with E-state index < -0.39 is 10.0 Å². The lowest BCUT2D eigenvalue weighted by atomic mass is 9.95. The summed E-state index contributed by atoms with van der Waals surface area (Å²) in [5.74, 6) is 0.0225. The number of nitrogens with one attached hydrogen (secondary N) is 1. The Balaban J connectivity index is 2.12. The third-order valence-corrected chi connectivity index (χ3v) is 6.83. The number of hydrogen-bond donors (Lipinski definition) is 1. The second-order valence-electron chi connectivity index (χ2n) is 7.32. The van der Waals surface area contributed by atoms with Gasteiger partial charge in [-0.3, -0.25) is 9.10 Å². The van der Waals surface area contributed by atoms with Crippen LogP contribution in [0.4, 0.5) is 5.69 Å². The van der Waals surface area contributed by atoms with E-state index in [-0.39, 0.29) is 23.4 Å². The smallest absolute Gasteiger partial charge is 0.265 e. The Bertz CT molecular complexity index is 967. The summed E-state index contributed by atoms with van der Waals surface area (Å²) in [5.41, 5.74) is 3.22. The minimum Gasteiger partial charge on any atom is -0.352 e. The number of fused-ring (bicyclic) bond motifs is 3. The lowest BCUT2D eigenvalue weighted by Gasteiger charge is -2.32. The number of rotatable bonds is 5. The van der Waals surface area contributed by atoms with Gasteiger partial charge in [-0.25, -0.2) is 8.42 Å². The van der Waals surface area contributed by atoms with Gasteiger partial charge in [-0.1, -0.05) is 45.0 Å². The quantitative estimate of drug-likeness (QED) is 0.847. The third-order valence-electron chi connectivity index (χ3n) is 5.01. The van der Waals surface area contributed by atoms with Crippen molar-refractivity contribution in [1.82, 2.24) is 5.32 Å². The fraction of sp³-hybridized carbons (Fsp3) is 0.381. The van der Waals surface area contributed by atoms with Crippen LogP contribution in [0.3, 0.4) is 0 Å². The molecule has 1 aliphatic rings. The first-order valence-corrected chi connectivity index (χ1v) is 10.7. The third kappa shape index (κ3) is 3.58. The second-order valence-corrected chi connectivity index (χ2v) is 9.15. The number of hydrogen-bond acceptors (Lipinski definition) is 3. The van der Waals surface area contributed by atoms with Crippen molar-refractivity contribution in [2.24, 2.45) is 0 Å². The summed E-state index contributed by atoms with van der Waals surface area (Å²) in [6.45, 7) is 7.85. The molecule has 0 saturated carbocycles. The van der Waals surface area contributed by atoms with Gasteiger partial charge in [-0.15, -0.1) is 0 Å². The van der Waals surface area contributed by atoms with Crippen LogP contribution in [0, 0.1) is 0 Å². The summed E-state index contributed by atoms with van der Waals surface area (Å²) in [6, 6.07) is 12.8. The molecule has 0 aliphatic carbocycles. The van der Waals surface area contributed by atoms with Crippen molar-refractivity contribution in [2.75, 3.05) is 10.8 Å². The van der Waals surface area contributed by atoms with E-state index in [1.807, 2.05) is 44.2 Å². The topological polar surface area (TPSA) is 66.5 Å². The maximum Gasteiger partial charge on any atom is 0.265 e. The molecule has 0 spiro atoms. The second kappa shape index (κ2) is 7.35. The molecule has 3 rings (SSSR count). The molecular formula is C21H26N2O3S. The van der Waals surface area contributed by atoms with Crippen LogP contribution < -0.4 is 9.62 Å². The summed E-state index contributed by atoms with van der Waals surface area (Å²) in [4.78, 5) is 12.7. The van der Waals surface area contributed by atoms with Gasteiger partial charge in [0.2, 0.25) is 5.91 Å². The van der Waals surface area contributed by atoms with Crippen LogP contribution in [0.1, 0.15) is 45.6 Å². The largest absolute Gasteiger partial charge is 0.352 e. The van der Waals surface area contributed by atoms with Crippen LogP contribution in [0.15, 0.2) is 47.4 Å². The van der Waals surface area contributed by atoms with Crippen molar-refractivity contribution in [2.45, 2.75) is 51.0 Å². The van der Waals surface area contributed by atoms with Crippen LogP contribution in [-0.4, -0.2) is 26.9 Å². The highest BCUT2D eigenvalue weighted by Crippen LogP contribution is 2.43. The Morgan fingerprint density at radius 3 is 2.44 bits per heavy atom. The van der Waals surface area contributed by atoms with Crippen molar-refractivity contribution in [3.05, 3.63) is 48.0 Å². The lowest BCUT2D eigenvalue weighted by Crippen LogP contribution is -2.44. The predicted octanol–water partition coefficient (Wildman–Crippen LogP) is 3.90. The van der Waals surface area contributed by atoms with Gasteiger partial charge in [0.1, 0.15) is 6.54 Å². The summed E-state index contributed by atoms with van der Waals surface area (Å²) >= 11 is 0. The van der Waals surface area contributed by atoms with Crippen LogP contribution >= 0.6 is 0 Å². The number of anilines is 1. The zero-order valence-electron chi connectivity index (χ0n) is 16.2. The SMILES string of the molecule is CCC(C)NC(=O)CN1c2ccc(C(C)C)cc2-c2ccccc2S1(=O)=O. The molecule has 27 heavy (non-hydrogen) atoms. The molecule has 2 aromatic rings.